The normalized spacial score (nSPS) is 16.1. The number of hydrogen-bond acceptors (Lipinski definition) is 3. The Morgan fingerprint density at radius 2 is 2.35 bits per heavy atom. The van der Waals surface area contributed by atoms with Crippen LogP contribution in [0.3, 0.4) is 0 Å². The zero-order valence-electron chi connectivity index (χ0n) is 9.69. The lowest BCUT2D eigenvalue weighted by atomic mass is 9.83. The molecule has 1 saturated carbocycles. The summed E-state index contributed by atoms with van der Waals surface area (Å²) in [5.74, 6) is 1.55. The molecule has 0 bridgehead atoms. The van der Waals surface area contributed by atoms with Crippen molar-refractivity contribution in [3.63, 3.8) is 0 Å². The van der Waals surface area contributed by atoms with Gasteiger partial charge in [-0.25, -0.2) is 0 Å². The van der Waals surface area contributed by atoms with E-state index in [1.807, 2.05) is 13.2 Å². The predicted octanol–water partition coefficient (Wildman–Crippen LogP) is 3.03. The van der Waals surface area contributed by atoms with Crippen LogP contribution < -0.4 is 0 Å². The van der Waals surface area contributed by atoms with Gasteiger partial charge in [-0.05, 0) is 28.8 Å². The summed E-state index contributed by atoms with van der Waals surface area (Å²) in [5, 5.41) is 8.40. The lowest BCUT2D eigenvalue weighted by molar-refractivity contribution is 0.350. The number of halogens is 1. The van der Waals surface area contributed by atoms with E-state index in [9.17, 15) is 0 Å². The fourth-order valence-corrected chi connectivity index (χ4v) is 2.62. The summed E-state index contributed by atoms with van der Waals surface area (Å²) >= 11 is 3.44. The predicted molar refractivity (Wildman–Crippen MR) is 66.8 cm³/mol. The molecule has 2 aromatic rings. The molecule has 1 fully saturated rings. The minimum atomic E-state index is 0.629. The molecule has 90 valence electrons. The Morgan fingerprint density at radius 3 is 2.94 bits per heavy atom. The molecule has 0 N–H and O–H groups in total. The molecular formula is C12H14BrN3O. The smallest absolute Gasteiger partial charge is 0.141 e. The van der Waals surface area contributed by atoms with Crippen LogP contribution in [-0.4, -0.2) is 14.9 Å². The highest BCUT2D eigenvalue weighted by atomic mass is 79.9. The van der Waals surface area contributed by atoms with E-state index < -0.39 is 0 Å². The van der Waals surface area contributed by atoms with Gasteiger partial charge in [0.05, 0.1) is 5.69 Å². The molecule has 2 heterocycles. The van der Waals surface area contributed by atoms with Crippen molar-refractivity contribution in [3.8, 4) is 0 Å². The van der Waals surface area contributed by atoms with Crippen molar-refractivity contribution in [2.24, 2.45) is 7.05 Å². The van der Waals surface area contributed by atoms with Gasteiger partial charge in [0.2, 0.25) is 0 Å². The highest BCUT2D eigenvalue weighted by Crippen LogP contribution is 2.36. The minimum Gasteiger partial charge on any atom is -0.361 e. The fraction of sp³-hybridized carbons (Fsp3) is 0.500. The maximum Gasteiger partial charge on any atom is 0.141 e. The number of hydrogen-bond donors (Lipinski definition) is 0. The van der Waals surface area contributed by atoms with Gasteiger partial charge in [0.1, 0.15) is 10.4 Å². The molecule has 0 atom stereocenters. The maximum absolute atomic E-state index is 5.38. The third-order valence-corrected chi connectivity index (χ3v) is 3.99. The number of rotatable bonds is 3. The van der Waals surface area contributed by atoms with E-state index in [0.29, 0.717) is 5.92 Å². The molecular weight excluding hydrogens is 282 g/mol. The first-order valence-corrected chi connectivity index (χ1v) is 6.65. The SMILES string of the molecule is Cn1cc(Cc2cc(C3CCC3)no2)c(Br)n1. The summed E-state index contributed by atoms with van der Waals surface area (Å²) in [5.41, 5.74) is 2.25. The van der Waals surface area contributed by atoms with E-state index in [-0.39, 0.29) is 0 Å². The zero-order valence-corrected chi connectivity index (χ0v) is 11.3. The van der Waals surface area contributed by atoms with Crippen LogP contribution in [0.15, 0.2) is 21.4 Å². The quantitative estimate of drug-likeness (QED) is 0.874. The van der Waals surface area contributed by atoms with Crippen molar-refractivity contribution in [2.75, 3.05) is 0 Å². The van der Waals surface area contributed by atoms with Crippen LogP contribution in [0, 0.1) is 0 Å². The van der Waals surface area contributed by atoms with E-state index in [1.54, 1.807) is 4.68 Å². The highest BCUT2D eigenvalue weighted by molar-refractivity contribution is 9.10. The lowest BCUT2D eigenvalue weighted by Gasteiger charge is -2.22. The topological polar surface area (TPSA) is 43.9 Å². The average Bonchev–Trinajstić information content (AvgIpc) is 2.73. The molecule has 5 heteroatoms. The molecule has 17 heavy (non-hydrogen) atoms. The van der Waals surface area contributed by atoms with Gasteiger partial charge in [0.25, 0.3) is 0 Å². The van der Waals surface area contributed by atoms with Gasteiger partial charge in [-0.1, -0.05) is 11.6 Å². The summed E-state index contributed by atoms with van der Waals surface area (Å²) in [6.07, 6.45) is 6.57. The first-order chi connectivity index (χ1) is 8.22. The lowest BCUT2D eigenvalue weighted by Crippen LogP contribution is -2.08. The van der Waals surface area contributed by atoms with Crippen LogP contribution >= 0.6 is 15.9 Å². The number of nitrogens with zero attached hydrogens (tertiary/aromatic N) is 3. The van der Waals surface area contributed by atoms with Gasteiger partial charge in [-0.3, -0.25) is 4.68 Å². The van der Waals surface area contributed by atoms with Crippen molar-refractivity contribution < 1.29 is 4.52 Å². The second-order valence-electron chi connectivity index (χ2n) is 4.64. The monoisotopic (exact) mass is 295 g/mol. The molecule has 0 spiro atoms. The second kappa shape index (κ2) is 4.29. The summed E-state index contributed by atoms with van der Waals surface area (Å²) < 4.78 is 8.05. The van der Waals surface area contributed by atoms with E-state index in [2.05, 4.69) is 32.3 Å². The molecule has 1 aliphatic rings. The van der Waals surface area contributed by atoms with E-state index in [1.165, 1.54) is 19.3 Å². The summed E-state index contributed by atoms with van der Waals surface area (Å²) in [4.78, 5) is 0. The highest BCUT2D eigenvalue weighted by Gasteiger charge is 2.23. The van der Waals surface area contributed by atoms with E-state index >= 15 is 0 Å². The van der Waals surface area contributed by atoms with Crippen molar-refractivity contribution in [1.29, 1.82) is 0 Å². The molecule has 0 aliphatic heterocycles. The Kier molecular flexibility index (Phi) is 2.78. The van der Waals surface area contributed by atoms with Gasteiger partial charge in [-0.15, -0.1) is 0 Å². The van der Waals surface area contributed by atoms with Gasteiger partial charge in [-0.2, -0.15) is 5.10 Å². The van der Waals surface area contributed by atoms with Gasteiger partial charge in [0.15, 0.2) is 0 Å². The third kappa shape index (κ3) is 2.16. The molecule has 3 rings (SSSR count). The minimum absolute atomic E-state index is 0.629. The first-order valence-electron chi connectivity index (χ1n) is 5.86. The van der Waals surface area contributed by atoms with Gasteiger partial charge >= 0.3 is 0 Å². The third-order valence-electron chi connectivity index (χ3n) is 3.32. The first kappa shape index (κ1) is 11.0. The standard InChI is InChI=1S/C12H14BrN3O/c1-16-7-9(12(13)14-16)5-10-6-11(15-17-10)8-3-2-4-8/h6-8H,2-5H2,1H3. The number of aryl methyl sites for hydroxylation is 1. The molecule has 0 saturated heterocycles. The summed E-state index contributed by atoms with van der Waals surface area (Å²) in [6, 6.07) is 2.09. The van der Waals surface area contributed by atoms with Crippen molar-refractivity contribution in [2.45, 2.75) is 31.6 Å². The molecule has 4 nitrogen and oxygen atoms in total. The average molecular weight is 296 g/mol. The van der Waals surface area contributed by atoms with Gasteiger partial charge in [0, 0.05) is 37.2 Å². The van der Waals surface area contributed by atoms with E-state index in [4.69, 9.17) is 4.52 Å². The molecule has 0 unspecified atom stereocenters. The van der Waals surface area contributed by atoms with Crippen LogP contribution in [-0.2, 0) is 13.5 Å². The van der Waals surface area contributed by atoms with Crippen LogP contribution in [0.1, 0.15) is 42.2 Å². The zero-order chi connectivity index (χ0) is 11.8. The maximum atomic E-state index is 5.38. The van der Waals surface area contributed by atoms with Crippen LogP contribution in [0.4, 0.5) is 0 Å². The molecule has 0 amide bonds. The van der Waals surface area contributed by atoms with Crippen LogP contribution in [0.2, 0.25) is 0 Å². The molecule has 0 radical (unpaired) electrons. The van der Waals surface area contributed by atoms with Crippen molar-refractivity contribution in [1.82, 2.24) is 14.9 Å². The largest absolute Gasteiger partial charge is 0.361 e. The Morgan fingerprint density at radius 1 is 1.53 bits per heavy atom. The second-order valence-corrected chi connectivity index (χ2v) is 5.39. The van der Waals surface area contributed by atoms with Crippen molar-refractivity contribution >= 4 is 15.9 Å². The summed E-state index contributed by atoms with van der Waals surface area (Å²) in [7, 11) is 1.91. The Balaban J connectivity index is 1.76. The summed E-state index contributed by atoms with van der Waals surface area (Å²) in [6.45, 7) is 0. The van der Waals surface area contributed by atoms with Gasteiger partial charge < -0.3 is 4.52 Å². The van der Waals surface area contributed by atoms with E-state index in [0.717, 1.165) is 28.0 Å². The molecule has 1 aliphatic carbocycles. The Labute approximate surface area is 108 Å². The molecule has 0 aromatic carbocycles. The molecule has 2 aromatic heterocycles. The van der Waals surface area contributed by atoms with Crippen LogP contribution in [0.25, 0.3) is 0 Å². The Hall–Kier alpha value is -1.10. The van der Waals surface area contributed by atoms with Crippen molar-refractivity contribution in [3.05, 3.63) is 33.9 Å². The van der Waals surface area contributed by atoms with Crippen LogP contribution in [0.5, 0.6) is 0 Å². The number of aromatic nitrogens is 3. The fourth-order valence-electron chi connectivity index (χ4n) is 2.13. The Bertz CT molecular complexity index is 528.